The highest BCUT2D eigenvalue weighted by Crippen LogP contribution is 2.21. The van der Waals surface area contributed by atoms with Gasteiger partial charge in [0, 0.05) is 5.69 Å². The van der Waals surface area contributed by atoms with Gasteiger partial charge < -0.3 is 5.11 Å². The van der Waals surface area contributed by atoms with Gasteiger partial charge in [0.05, 0.1) is 23.3 Å². The van der Waals surface area contributed by atoms with E-state index in [0.717, 1.165) is 11.4 Å². The molecule has 1 unspecified atom stereocenters. The minimum atomic E-state index is -0.856. The van der Waals surface area contributed by atoms with E-state index >= 15 is 0 Å². The summed E-state index contributed by atoms with van der Waals surface area (Å²) in [5.74, 6) is 0. The van der Waals surface area contributed by atoms with Crippen LogP contribution < -0.4 is 0 Å². The minimum absolute atomic E-state index is 0.587. The Morgan fingerprint density at radius 2 is 1.85 bits per heavy atom. The van der Waals surface area contributed by atoms with Crippen LogP contribution in [0, 0.1) is 6.92 Å². The van der Waals surface area contributed by atoms with Crippen molar-refractivity contribution < 1.29 is 5.11 Å². The quantitative estimate of drug-likeness (QED) is 0.788. The molecule has 1 aromatic carbocycles. The van der Waals surface area contributed by atoms with E-state index in [9.17, 15) is 5.11 Å². The number of para-hydroxylation sites is 1. The van der Waals surface area contributed by atoms with Crippen molar-refractivity contribution in [2.75, 3.05) is 0 Å². The third kappa shape index (κ3) is 2.31. The standard InChI is InChI=1S/C15H14N4O/c1-11-6-5-9-13(17-11)15(20)14-10-16-18-19(14)12-7-3-2-4-8-12/h2-10,15,20H,1H3. The summed E-state index contributed by atoms with van der Waals surface area (Å²) < 4.78 is 1.62. The fraction of sp³-hybridized carbons (Fsp3) is 0.133. The molecule has 0 saturated heterocycles. The summed E-state index contributed by atoms with van der Waals surface area (Å²) in [6.45, 7) is 1.89. The van der Waals surface area contributed by atoms with E-state index < -0.39 is 6.10 Å². The van der Waals surface area contributed by atoms with Crippen LogP contribution in [0.1, 0.15) is 23.2 Å². The summed E-state index contributed by atoms with van der Waals surface area (Å²) in [5, 5.41) is 18.4. The van der Waals surface area contributed by atoms with E-state index in [2.05, 4.69) is 15.3 Å². The first-order chi connectivity index (χ1) is 9.75. The van der Waals surface area contributed by atoms with Gasteiger partial charge in [-0.2, -0.15) is 0 Å². The van der Waals surface area contributed by atoms with Gasteiger partial charge in [0.15, 0.2) is 0 Å². The van der Waals surface area contributed by atoms with Gasteiger partial charge in [0.2, 0.25) is 0 Å². The number of nitrogens with zero attached hydrogens (tertiary/aromatic N) is 4. The van der Waals surface area contributed by atoms with E-state index in [4.69, 9.17) is 0 Å². The summed E-state index contributed by atoms with van der Waals surface area (Å²) in [7, 11) is 0. The molecular formula is C15H14N4O. The van der Waals surface area contributed by atoms with Crippen molar-refractivity contribution in [3.05, 3.63) is 71.8 Å². The lowest BCUT2D eigenvalue weighted by molar-refractivity contribution is 0.207. The molecule has 20 heavy (non-hydrogen) atoms. The molecule has 1 atom stereocenters. The first kappa shape index (κ1) is 12.5. The average molecular weight is 266 g/mol. The lowest BCUT2D eigenvalue weighted by atomic mass is 10.1. The molecule has 5 nitrogen and oxygen atoms in total. The number of rotatable bonds is 3. The molecule has 100 valence electrons. The summed E-state index contributed by atoms with van der Waals surface area (Å²) in [6.07, 6.45) is 0.701. The van der Waals surface area contributed by atoms with Crippen molar-refractivity contribution in [1.29, 1.82) is 0 Å². The zero-order valence-electron chi connectivity index (χ0n) is 11.0. The van der Waals surface area contributed by atoms with Crippen molar-refractivity contribution in [2.45, 2.75) is 13.0 Å². The first-order valence-corrected chi connectivity index (χ1v) is 6.33. The smallest absolute Gasteiger partial charge is 0.140 e. The number of hydrogen-bond donors (Lipinski definition) is 1. The summed E-state index contributed by atoms with van der Waals surface area (Å²) in [6, 6.07) is 15.1. The Bertz CT molecular complexity index is 709. The van der Waals surface area contributed by atoms with Crippen molar-refractivity contribution in [3.63, 3.8) is 0 Å². The summed E-state index contributed by atoms with van der Waals surface area (Å²) in [4.78, 5) is 4.34. The van der Waals surface area contributed by atoms with Crippen molar-refractivity contribution >= 4 is 0 Å². The number of pyridine rings is 1. The van der Waals surface area contributed by atoms with Crippen LogP contribution >= 0.6 is 0 Å². The predicted molar refractivity (Wildman–Crippen MR) is 74.4 cm³/mol. The zero-order chi connectivity index (χ0) is 13.9. The second kappa shape index (κ2) is 5.22. The number of aryl methyl sites for hydroxylation is 1. The third-order valence-electron chi connectivity index (χ3n) is 3.05. The van der Waals surface area contributed by atoms with Crippen LogP contribution in [0.5, 0.6) is 0 Å². The van der Waals surface area contributed by atoms with Gasteiger partial charge >= 0.3 is 0 Å². The molecular weight excluding hydrogens is 252 g/mol. The summed E-state index contributed by atoms with van der Waals surface area (Å²) >= 11 is 0. The normalized spacial score (nSPS) is 12.3. The average Bonchev–Trinajstić information content (AvgIpc) is 2.97. The third-order valence-corrected chi connectivity index (χ3v) is 3.05. The van der Waals surface area contributed by atoms with Gasteiger partial charge in [0.1, 0.15) is 6.10 Å². The van der Waals surface area contributed by atoms with E-state index in [1.54, 1.807) is 16.9 Å². The lowest BCUT2D eigenvalue weighted by Crippen LogP contribution is -2.10. The molecule has 0 bridgehead atoms. The number of aliphatic hydroxyl groups excluding tert-OH is 1. The van der Waals surface area contributed by atoms with E-state index in [0.29, 0.717) is 11.4 Å². The molecule has 0 aliphatic rings. The van der Waals surface area contributed by atoms with Gasteiger partial charge in [-0.25, -0.2) is 4.68 Å². The molecule has 5 heteroatoms. The molecule has 3 aromatic rings. The molecule has 0 spiro atoms. The molecule has 2 heterocycles. The maximum Gasteiger partial charge on any atom is 0.140 e. The largest absolute Gasteiger partial charge is 0.380 e. The Hall–Kier alpha value is -2.53. The lowest BCUT2D eigenvalue weighted by Gasteiger charge is -2.12. The second-order valence-corrected chi connectivity index (χ2v) is 4.51. The second-order valence-electron chi connectivity index (χ2n) is 4.51. The van der Waals surface area contributed by atoms with Gasteiger partial charge in [-0.15, -0.1) is 5.10 Å². The van der Waals surface area contributed by atoms with E-state index in [-0.39, 0.29) is 0 Å². The first-order valence-electron chi connectivity index (χ1n) is 6.33. The SMILES string of the molecule is Cc1cccc(C(O)c2cnnn2-c2ccccc2)n1. The van der Waals surface area contributed by atoms with Gasteiger partial charge in [0.25, 0.3) is 0 Å². The van der Waals surface area contributed by atoms with Crippen LogP contribution in [-0.4, -0.2) is 25.1 Å². The Morgan fingerprint density at radius 3 is 2.60 bits per heavy atom. The number of aliphatic hydroxyl groups is 1. The van der Waals surface area contributed by atoms with Crippen molar-refractivity contribution in [2.24, 2.45) is 0 Å². The molecule has 0 radical (unpaired) electrons. The van der Waals surface area contributed by atoms with Crippen LogP contribution in [0.15, 0.2) is 54.7 Å². The molecule has 0 amide bonds. The molecule has 3 rings (SSSR count). The Kier molecular flexibility index (Phi) is 3.26. The summed E-state index contributed by atoms with van der Waals surface area (Å²) in [5.41, 5.74) is 2.89. The van der Waals surface area contributed by atoms with Crippen molar-refractivity contribution in [1.82, 2.24) is 20.0 Å². The van der Waals surface area contributed by atoms with Gasteiger partial charge in [-0.1, -0.05) is 29.5 Å². The number of benzene rings is 1. The fourth-order valence-corrected chi connectivity index (χ4v) is 2.07. The topological polar surface area (TPSA) is 63.8 Å². The van der Waals surface area contributed by atoms with Crippen LogP contribution in [-0.2, 0) is 0 Å². The van der Waals surface area contributed by atoms with E-state index in [1.165, 1.54) is 0 Å². The number of hydrogen-bond acceptors (Lipinski definition) is 4. The molecule has 0 saturated carbocycles. The zero-order valence-corrected chi connectivity index (χ0v) is 11.0. The Balaban J connectivity index is 2.02. The minimum Gasteiger partial charge on any atom is -0.380 e. The highest BCUT2D eigenvalue weighted by Gasteiger charge is 2.18. The molecule has 0 aliphatic carbocycles. The van der Waals surface area contributed by atoms with Crippen LogP contribution in [0.25, 0.3) is 5.69 Å². The molecule has 2 aromatic heterocycles. The maximum absolute atomic E-state index is 10.5. The number of aromatic nitrogens is 4. The van der Waals surface area contributed by atoms with Gasteiger partial charge in [-0.3, -0.25) is 4.98 Å². The fourth-order valence-electron chi connectivity index (χ4n) is 2.07. The highest BCUT2D eigenvalue weighted by molar-refractivity contribution is 5.33. The molecule has 0 aliphatic heterocycles. The van der Waals surface area contributed by atoms with Crippen LogP contribution in [0.2, 0.25) is 0 Å². The predicted octanol–water partition coefficient (Wildman–Crippen LogP) is 2.05. The molecule has 1 N–H and O–H groups in total. The van der Waals surface area contributed by atoms with Crippen molar-refractivity contribution in [3.8, 4) is 5.69 Å². The van der Waals surface area contributed by atoms with Crippen LogP contribution in [0.3, 0.4) is 0 Å². The Labute approximate surface area is 116 Å². The van der Waals surface area contributed by atoms with E-state index in [1.807, 2.05) is 49.4 Å². The maximum atomic E-state index is 10.5. The van der Waals surface area contributed by atoms with Crippen LogP contribution in [0.4, 0.5) is 0 Å². The van der Waals surface area contributed by atoms with Gasteiger partial charge in [-0.05, 0) is 31.2 Å². The highest BCUT2D eigenvalue weighted by atomic mass is 16.3. The Morgan fingerprint density at radius 1 is 1.05 bits per heavy atom. The monoisotopic (exact) mass is 266 g/mol. The molecule has 0 fully saturated rings.